The van der Waals surface area contributed by atoms with Crippen molar-refractivity contribution in [2.75, 3.05) is 6.54 Å². The third kappa shape index (κ3) is 2.59. The Kier molecular flexibility index (Phi) is 3.77. The molecule has 0 aliphatic rings. The summed E-state index contributed by atoms with van der Waals surface area (Å²) in [7, 11) is 1.94. The number of hydrogen-bond donors (Lipinski definition) is 1. The molecule has 0 saturated heterocycles. The first-order chi connectivity index (χ1) is 8.61. The Morgan fingerprint density at radius 1 is 1.39 bits per heavy atom. The van der Waals surface area contributed by atoms with Gasteiger partial charge in [-0.3, -0.25) is 0 Å². The standard InChI is InChI=1S/C14H18FN3/c1-4-17-14(13-8-16-9-18(13)3)11-5-10(2)6-12(15)7-11/h5-9,14,17H,4H2,1-3H3. The molecule has 1 unspecified atom stereocenters. The van der Waals surface area contributed by atoms with Gasteiger partial charge in [-0.25, -0.2) is 9.37 Å². The van der Waals surface area contributed by atoms with E-state index in [1.165, 1.54) is 6.07 Å². The van der Waals surface area contributed by atoms with Crippen LogP contribution < -0.4 is 5.32 Å². The van der Waals surface area contributed by atoms with Gasteiger partial charge in [0, 0.05) is 7.05 Å². The van der Waals surface area contributed by atoms with Gasteiger partial charge in [-0.15, -0.1) is 0 Å². The van der Waals surface area contributed by atoms with Crippen LogP contribution in [0.4, 0.5) is 4.39 Å². The maximum atomic E-state index is 13.5. The second kappa shape index (κ2) is 5.31. The molecule has 18 heavy (non-hydrogen) atoms. The van der Waals surface area contributed by atoms with Crippen LogP contribution in [0.3, 0.4) is 0 Å². The van der Waals surface area contributed by atoms with Gasteiger partial charge in [0.25, 0.3) is 0 Å². The second-order valence-electron chi connectivity index (χ2n) is 4.48. The molecule has 1 heterocycles. The molecule has 0 spiro atoms. The molecule has 1 atom stereocenters. The third-order valence-corrected chi connectivity index (χ3v) is 2.96. The van der Waals surface area contributed by atoms with Crippen molar-refractivity contribution in [3.05, 3.63) is 53.4 Å². The van der Waals surface area contributed by atoms with Crippen LogP contribution in [-0.2, 0) is 7.05 Å². The van der Waals surface area contributed by atoms with E-state index >= 15 is 0 Å². The molecule has 0 bridgehead atoms. The zero-order valence-electron chi connectivity index (χ0n) is 10.9. The first kappa shape index (κ1) is 12.8. The quantitative estimate of drug-likeness (QED) is 0.900. The summed E-state index contributed by atoms with van der Waals surface area (Å²) in [6.07, 6.45) is 3.57. The normalized spacial score (nSPS) is 12.7. The maximum absolute atomic E-state index is 13.5. The molecule has 2 aromatic rings. The topological polar surface area (TPSA) is 29.9 Å². The Bertz CT molecular complexity index is 513. The summed E-state index contributed by atoms with van der Waals surface area (Å²) in [5.74, 6) is -0.199. The lowest BCUT2D eigenvalue weighted by Gasteiger charge is -2.19. The molecule has 0 radical (unpaired) electrons. The number of halogens is 1. The Hall–Kier alpha value is -1.68. The van der Waals surface area contributed by atoms with Gasteiger partial charge in [0.15, 0.2) is 0 Å². The van der Waals surface area contributed by atoms with E-state index in [4.69, 9.17) is 0 Å². The van der Waals surface area contributed by atoms with E-state index in [2.05, 4.69) is 10.3 Å². The van der Waals surface area contributed by atoms with Gasteiger partial charge in [-0.2, -0.15) is 0 Å². The van der Waals surface area contributed by atoms with Gasteiger partial charge in [-0.05, 0) is 36.7 Å². The highest BCUT2D eigenvalue weighted by atomic mass is 19.1. The molecule has 4 heteroatoms. The van der Waals surface area contributed by atoms with Gasteiger partial charge < -0.3 is 9.88 Å². The fraction of sp³-hybridized carbons (Fsp3) is 0.357. The van der Waals surface area contributed by atoms with Gasteiger partial charge in [-0.1, -0.05) is 13.0 Å². The van der Waals surface area contributed by atoms with E-state index in [0.29, 0.717) is 0 Å². The Morgan fingerprint density at radius 2 is 2.17 bits per heavy atom. The fourth-order valence-electron chi connectivity index (χ4n) is 2.17. The van der Waals surface area contributed by atoms with Gasteiger partial charge in [0.1, 0.15) is 5.82 Å². The maximum Gasteiger partial charge on any atom is 0.123 e. The number of nitrogens with one attached hydrogen (secondary N) is 1. The van der Waals surface area contributed by atoms with E-state index in [1.54, 1.807) is 12.4 Å². The van der Waals surface area contributed by atoms with Crippen molar-refractivity contribution in [2.24, 2.45) is 7.05 Å². The molecular formula is C14H18FN3. The van der Waals surface area contributed by atoms with Gasteiger partial charge >= 0.3 is 0 Å². The predicted octanol–water partition coefficient (Wildman–Crippen LogP) is 2.57. The van der Waals surface area contributed by atoms with Crippen LogP contribution in [0.5, 0.6) is 0 Å². The minimum atomic E-state index is -0.199. The SMILES string of the molecule is CCNC(c1cc(C)cc(F)c1)c1cncn1C. The van der Waals surface area contributed by atoms with Crippen molar-refractivity contribution in [1.29, 1.82) is 0 Å². The van der Waals surface area contributed by atoms with E-state index in [-0.39, 0.29) is 11.9 Å². The largest absolute Gasteiger partial charge is 0.336 e. The number of hydrogen-bond acceptors (Lipinski definition) is 2. The predicted molar refractivity (Wildman–Crippen MR) is 69.9 cm³/mol. The van der Waals surface area contributed by atoms with Crippen molar-refractivity contribution in [2.45, 2.75) is 19.9 Å². The summed E-state index contributed by atoms with van der Waals surface area (Å²) in [4.78, 5) is 4.12. The lowest BCUT2D eigenvalue weighted by Crippen LogP contribution is -2.24. The summed E-state index contributed by atoms with van der Waals surface area (Å²) in [6, 6.07) is 5.09. The number of nitrogens with zero attached hydrogens (tertiary/aromatic N) is 2. The van der Waals surface area contributed by atoms with Crippen molar-refractivity contribution in [3.8, 4) is 0 Å². The number of aryl methyl sites for hydroxylation is 2. The lowest BCUT2D eigenvalue weighted by atomic mass is 10.0. The van der Waals surface area contributed by atoms with Crippen molar-refractivity contribution >= 4 is 0 Å². The summed E-state index contributed by atoms with van der Waals surface area (Å²) >= 11 is 0. The van der Waals surface area contributed by atoms with E-state index in [1.807, 2.05) is 37.7 Å². The smallest absolute Gasteiger partial charge is 0.123 e. The van der Waals surface area contributed by atoms with Crippen LogP contribution in [0.1, 0.15) is 29.8 Å². The zero-order valence-corrected chi connectivity index (χ0v) is 10.9. The zero-order chi connectivity index (χ0) is 13.1. The molecule has 1 N–H and O–H groups in total. The van der Waals surface area contributed by atoms with Crippen LogP contribution in [0.15, 0.2) is 30.7 Å². The van der Waals surface area contributed by atoms with Crippen molar-refractivity contribution < 1.29 is 4.39 Å². The minimum absolute atomic E-state index is 0.0306. The third-order valence-electron chi connectivity index (χ3n) is 2.96. The van der Waals surface area contributed by atoms with E-state index in [9.17, 15) is 4.39 Å². The molecule has 3 nitrogen and oxygen atoms in total. The average molecular weight is 247 g/mol. The lowest BCUT2D eigenvalue weighted by molar-refractivity contribution is 0.580. The van der Waals surface area contributed by atoms with Gasteiger partial charge in [0.05, 0.1) is 24.3 Å². The number of benzene rings is 1. The fourth-order valence-corrected chi connectivity index (χ4v) is 2.17. The first-order valence-corrected chi connectivity index (χ1v) is 6.08. The molecule has 0 fully saturated rings. The van der Waals surface area contributed by atoms with Gasteiger partial charge in [0.2, 0.25) is 0 Å². The number of aromatic nitrogens is 2. The molecule has 0 saturated carbocycles. The summed E-state index contributed by atoms with van der Waals surface area (Å²) in [6.45, 7) is 4.75. The molecular weight excluding hydrogens is 229 g/mol. The second-order valence-corrected chi connectivity index (χ2v) is 4.48. The summed E-state index contributed by atoms with van der Waals surface area (Å²) in [5, 5.41) is 3.37. The van der Waals surface area contributed by atoms with E-state index < -0.39 is 0 Å². The average Bonchev–Trinajstić information content (AvgIpc) is 2.71. The van der Waals surface area contributed by atoms with Crippen molar-refractivity contribution in [1.82, 2.24) is 14.9 Å². The summed E-state index contributed by atoms with van der Waals surface area (Å²) in [5.41, 5.74) is 2.88. The van der Waals surface area contributed by atoms with Crippen LogP contribution in [-0.4, -0.2) is 16.1 Å². The number of imidazole rings is 1. The highest BCUT2D eigenvalue weighted by Gasteiger charge is 2.17. The molecule has 2 rings (SSSR count). The molecule has 0 aliphatic carbocycles. The molecule has 0 amide bonds. The Morgan fingerprint density at radius 3 is 2.72 bits per heavy atom. The minimum Gasteiger partial charge on any atom is -0.336 e. The number of rotatable bonds is 4. The van der Waals surface area contributed by atoms with Crippen LogP contribution >= 0.6 is 0 Å². The van der Waals surface area contributed by atoms with Crippen LogP contribution in [0.2, 0.25) is 0 Å². The summed E-state index contributed by atoms with van der Waals surface area (Å²) < 4.78 is 15.5. The van der Waals surface area contributed by atoms with Crippen LogP contribution in [0.25, 0.3) is 0 Å². The Labute approximate surface area is 107 Å². The molecule has 1 aromatic carbocycles. The highest BCUT2D eigenvalue weighted by molar-refractivity contribution is 5.31. The first-order valence-electron chi connectivity index (χ1n) is 6.08. The van der Waals surface area contributed by atoms with Crippen molar-refractivity contribution in [3.63, 3.8) is 0 Å². The Balaban J connectivity index is 2.44. The molecule has 0 aliphatic heterocycles. The highest BCUT2D eigenvalue weighted by Crippen LogP contribution is 2.23. The molecule has 1 aromatic heterocycles. The van der Waals surface area contributed by atoms with E-state index in [0.717, 1.165) is 23.4 Å². The molecule has 96 valence electrons. The van der Waals surface area contributed by atoms with Crippen LogP contribution in [0, 0.1) is 12.7 Å². The monoisotopic (exact) mass is 247 g/mol.